The van der Waals surface area contributed by atoms with Crippen LogP contribution >= 0.6 is 11.5 Å². The Balaban J connectivity index is 0.955. The summed E-state index contributed by atoms with van der Waals surface area (Å²) in [5.41, 5.74) is 2.80. The van der Waals surface area contributed by atoms with Gasteiger partial charge in [-0.05, 0) is 104 Å². The van der Waals surface area contributed by atoms with E-state index in [0.717, 1.165) is 50.7 Å². The largest absolute Gasteiger partial charge is 0.356 e. The highest BCUT2D eigenvalue weighted by molar-refractivity contribution is 7.13. The zero-order chi connectivity index (χ0) is 22.9. The molecule has 5 heteroatoms. The predicted octanol–water partition coefficient (Wildman–Crippen LogP) is 5.85. The molecule has 3 aliphatic rings. The number of carbonyl (C=O) groups excluding carboxylic acids is 1. The number of amides is 1. The van der Waals surface area contributed by atoms with Crippen LogP contribution in [0.2, 0.25) is 0 Å². The number of hydrogen-bond donors (Lipinski definition) is 1. The number of nitrogens with one attached hydrogen (secondary N) is 1. The molecule has 2 heterocycles. The first kappa shape index (κ1) is 22.1. The number of hydrogen-bond acceptors (Lipinski definition) is 4. The summed E-state index contributed by atoms with van der Waals surface area (Å²) in [5.74, 6) is 3.95. The van der Waals surface area contributed by atoms with E-state index in [1.165, 1.54) is 59.1 Å². The molecule has 34 heavy (non-hydrogen) atoms. The van der Waals surface area contributed by atoms with E-state index < -0.39 is 0 Å². The maximum absolute atomic E-state index is 12.8. The van der Waals surface area contributed by atoms with Crippen molar-refractivity contribution in [3.05, 3.63) is 59.7 Å². The monoisotopic (exact) mass is 473 g/mol. The second-order valence-electron chi connectivity index (χ2n) is 10.7. The third kappa shape index (κ3) is 4.72. The summed E-state index contributed by atoms with van der Waals surface area (Å²) in [6, 6.07) is 17.2. The minimum absolute atomic E-state index is 0.154. The zero-order valence-electron chi connectivity index (χ0n) is 19.9. The fraction of sp³-hybridized carbons (Fsp3) is 0.517. The SMILES string of the molecule is O=C(NCC1CC1C[C@@H]1CCCN(c2nsc3ccccc23)CC1)C1CCc2ccccc2C1. The summed E-state index contributed by atoms with van der Waals surface area (Å²) < 4.78 is 6.08. The average molecular weight is 474 g/mol. The van der Waals surface area contributed by atoms with Gasteiger partial charge in [0.1, 0.15) is 5.82 Å². The summed E-state index contributed by atoms with van der Waals surface area (Å²) in [5, 5.41) is 4.62. The molecule has 3 aromatic rings. The maximum Gasteiger partial charge on any atom is 0.223 e. The summed E-state index contributed by atoms with van der Waals surface area (Å²) in [7, 11) is 0. The van der Waals surface area contributed by atoms with Crippen molar-refractivity contribution in [2.45, 2.75) is 51.4 Å². The van der Waals surface area contributed by atoms with Crippen LogP contribution < -0.4 is 10.2 Å². The van der Waals surface area contributed by atoms with Gasteiger partial charge < -0.3 is 10.2 Å². The lowest BCUT2D eigenvalue weighted by Gasteiger charge is -2.23. The number of fused-ring (bicyclic) bond motifs is 2. The lowest BCUT2D eigenvalue weighted by Crippen LogP contribution is -2.35. The maximum atomic E-state index is 12.8. The summed E-state index contributed by atoms with van der Waals surface area (Å²) in [6.07, 6.45) is 9.42. The molecular weight excluding hydrogens is 438 g/mol. The third-order valence-electron chi connectivity index (χ3n) is 8.47. The molecular formula is C29H35N3OS. The van der Waals surface area contributed by atoms with Gasteiger partial charge in [0.05, 0.1) is 4.70 Å². The van der Waals surface area contributed by atoms with Gasteiger partial charge >= 0.3 is 0 Å². The number of aromatic nitrogens is 1. The standard InChI is InChI=1S/C29H35N3OS/c33-29(23-12-11-21-7-1-2-8-22(21)17-23)30-19-25-18-24(25)16-20-6-5-14-32(15-13-20)28-26-9-3-4-10-27(26)34-31-28/h1-4,7-10,20,23-25H,5-6,11-19H2,(H,30,33)/t20-,23?,24?,25?/m1/s1. The molecule has 2 aliphatic carbocycles. The Bertz CT molecular complexity index is 1160. The molecule has 2 aromatic carbocycles. The number of nitrogens with zero attached hydrogens (tertiary/aromatic N) is 2. The van der Waals surface area contributed by atoms with Gasteiger partial charge in [0.15, 0.2) is 0 Å². The molecule has 4 atom stereocenters. The molecule has 0 radical (unpaired) electrons. The van der Waals surface area contributed by atoms with E-state index >= 15 is 0 Å². The molecule has 1 saturated heterocycles. The Hall–Kier alpha value is -2.40. The van der Waals surface area contributed by atoms with Gasteiger partial charge in [-0.15, -0.1) is 0 Å². The van der Waals surface area contributed by atoms with Crippen LogP contribution in [0.15, 0.2) is 48.5 Å². The Kier molecular flexibility index (Phi) is 6.30. The van der Waals surface area contributed by atoms with Crippen molar-refractivity contribution in [2.24, 2.45) is 23.7 Å². The van der Waals surface area contributed by atoms with E-state index in [9.17, 15) is 4.79 Å². The molecule has 4 nitrogen and oxygen atoms in total. The molecule has 1 aromatic heterocycles. The van der Waals surface area contributed by atoms with Crippen molar-refractivity contribution in [3.63, 3.8) is 0 Å². The molecule has 3 unspecified atom stereocenters. The van der Waals surface area contributed by atoms with E-state index in [1.54, 1.807) is 11.5 Å². The van der Waals surface area contributed by atoms with Crippen LogP contribution in [0.1, 0.15) is 49.7 Å². The van der Waals surface area contributed by atoms with E-state index in [4.69, 9.17) is 4.37 Å². The van der Waals surface area contributed by atoms with Gasteiger partial charge in [-0.1, -0.05) is 36.4 Å². The summed E-state index contributed by atoms with van der Waals surface area (Å²) >= 11 is 1.62. The smallest absolute Gasteiger partial charge is 0.223 e. The highest BCUT2D eigenvalue weighted by atomic mass is 32.1. The van der Waals surface area contributed by atoms with E-state index in [0.29, 0.717) is 5.92 Å². The Morgan fingerprint density at radius 2 is 1.85 bits per heavy atom. The van der Waals surface area contributed by atoms with Gasteiger partial charge in [0, 0.05) is 30.9 Å². The summed E-state index contributed by atoms with van der Waals surface area (Å²) in [6.45, 7) is 3.12. The number of anilines is 1. The lowest BCUT2D eigenvalue weighted by atomic mass is 9.83. The van der Waals surface area contributed by atoms with Gasteiger partial charge in [-0.25, -0.2) is 0 Å². The van der Waals surface area contributed by atoms with Gasteiger partial charge in [0.2, 0.25) is 5.91 Å². The number of benzene rings is 2. The fourth-order valence-corrected chi connectivity index (χ4v) is 7.08. The molecule has 6 rings (SSSR count). The van der Waals surface area contributed by atoms with Crippen molar-refractivity contribution >= 4 is 33.3 Å². The minimum Gasteiger partial charge on any atom is -0.356 e. The first-order chi connectivity index (χ1) is 16.7. The van der Waals surface area contributed by atoms with Gasteiger partial charge in [-0.3, -0.25) is 4.79 Å². The Morgan fingerprint density at radius 1 is 1.00 bits per heavy atom. The van der Waals surface area contributed by atoms with Crippen molar-refractivity contribution in [1.82, 2.24) is 9.69 Å². The van der Waals surface area contributed by atoms with Crippen molar-refractivity contribution in [2.75, 3.05) is 24.5 Å². The normalized spacial score (nSPS) is 26.6. The van der Waals surface area contributed by atoms with Crippen LogP contribution in [-0.2, 0) is 17.6 Å². The molecule has 1 saturated carbocycles. The van der Waals surface area contributed by atoms with E-state index in [2.05, 4.69) is 58.7 Å². The number of carbonyl (C=O) groups is 1. The molecule has 2 fully saturated rings. The molecule has 1 amide bonds. The van der Waals surface area contributed by atoms with Crippen LogP contribution in [0.3, 0.4) is 0 Å². The molecule has 1 aliphatic heterocycles. The van der Waals surface area contributed by atoms with Crippen LogP contribution in [0.25, 0.3) is 10.1 Å². The molecule has 1 N–H and O–H groups in total. The average Bonchev–Trinajstić information content (AvgIpc) is 3.55. The molecule has 0 bridgehead atoms. The lowest BCUT2D eigenvalue weighted by molar-refractivity contribution is -0.125. The first-order valence-corrected chi connectivity index (χ1v) is 14.0. The summed E-state index contributed by atoms with van der Waals surface area (Å²) in [4.78, 5) is 15.3. The second-order valence-corrected chi connectivity index (χ2v) is 11.5. The topological polar surface area (TPSA) is 45.2 Å². The Morgan fingerprint density at radius 3 is 2.79 bits per heavy atom. The Labute approximate surface area is 206 Å². The fourth-order valence-electron chi connectivity index (χ4n) is 6.29. The van der Waals surface area contributed by atoms with Crippen LogP contribution in [0, 0.1) is 23.7 Å². The van der Waals surface area contributed by atoms with Crippen molar-refractivity contribution in [3.8, 4) is 0 Å². The van der Waals surface area contributed by atoms with Gasteiger partial charge in [-0.2, -0.15) is 4.37 Å². The minimum atomic E-state index is 0.154. The highest BCUT2D eigenvalue weighted by Crippen LogP contribution is 2.45. The van der Waals surface area contributed by atoms with Crippen LogP contribution in [-0.4, -0.2) is 29.9 Å². The van der Waals surface area contributed by atoms with E-state index in [-0.39, 0.29) is 11.8 Å². The van der Waals surface area contributed by atoms with Gasteiger partial charge in [0.25, 0.3) is 0 Å². The molecule has 178 valence electrons. The zero-order valence-corrected chi connectivity index (χ0v) is 20.7. The van der Waals surface area contributed by atoms with E-state index in [1.807, 2.05) is 0 Å². The quantitative estimate of drug-likeness (QED) is 0.488. The van der Waals surface area contributed by atoms with Crippen molar-refractivity contribution in [1.29, 1.82) is 0 Å². The van der Waals surface area contributed by atoms with Crippen molar-refractivity contribution < 1.29 is 4.79 Å². The molecule has 0 spiro atoms. The predicted molar refractivity (Wildman–Crippen MR) is 140 cm³/mol. The first-order valence-electron chi connectivity index (χ1n) is 13.2. The highest BCUT2D eigenvalue weighted by Gasteiger charge is 2.39. The number of aryl methyl sites for hydroxylation is 1. The van der Waals surface area contributed by atoms with Crippen LogP contribution in [0.4, 0.5) is 5.82 Å². The third-order valence-corrected chi connectivity index (χ3v) is 9.28. The second kappa shape index (κ2) is 9.69. The number of rotatable bonds is 6. The van der Waals surface area contributed by atoms with Crippen LogP contribution in [0.5, 0.6) is 0 Å².